The summed E-state index contributed by atoms with van der Waals surface area (Å²) in [6.07, 6.45) is -0.557. The van der Waals surface area contributed by atoms with E-state index in [1.165, 1.54) is 38.4 Å². The fraction of sp³-hybridized carbons (Fsp3) is 0.333. The lowest BCUT2D eigenvalue weighted by atomic mass is 10.2. The molecule has 0 spiro atoms. The maximum absolute atomic E-state index is 11.8. The van der Waals surface area contributed by atoms with Crippen LogP contribution in [0.2, 0.25) is 0 Å². The molecule has 1 N–H and O–H groups in total. The molecule has 0 atom stereocenters. The Bertz CT molecular complexity index is 593. The van der Waals surface area contributed by atoms with Crippen molar-refractivity contribution in [3.8, 4) is 0 Å². The van der Waals surface area contributed by atoms with Crippen LogP contribution in [0, 0.1) is 0 Å². The molecule has 20 heavy (non-hydrogen) atoms. The minimum atomic E-state index is -3.51. The van der Waals surface area contributed by atoms with E-state index in [1.54, 1.807) is 0 Å². The van der Waals surface area contributed by atoms with Gasteiger partial charge >= 0.3 is 0 Å². The Hall–Kier alpha value is -1.93. The molecule has 0 fully saturated rings. The summed E-state index contributed by atoms with van der Waals surface area (Å²) in [5.74, 6) is -1.77. The zero-order valence-electron chi connectivity index (χ0n) is 11.1. The van der Waals surface area contributed by atoms with Crippen LogP contribution in [0.25, 0.3) is 0 Å². The number of carboxylic acid groups (broad SMARTS) is 1. The van der Waals surface area contributed by atoms with Crippen LogP contribution in [0.3, 0.4) is 0 Å². The van der Waals surface area contributed by atoms with E-state index >= 15 is 0 Å². The first-order chi connectivity index (χ1) is 9.23. The second-order valence-electron chi connectivity index (χ2n) is 4.23. The molecule has 0 aliphatic rings. The van der Waals surface area contributed by atoms with E-state index in [9.17, 15) is 23.1 Å². The highest BCUT2D eigenvalue weighted by Crippen LogP contribution is 2.16. The number of hydrogen-bond donors (Lipinski definition) is 1. The molecule has 0 saturated heterocycles. The van der Waals surface area contributed by atoms with Crippen molar-refractivity contribution in [2.24, 2.45) is 0 Å². The van der Waals surface area contributed by atoms with Crippen LogP contribution >= 0.6 is 0 Å². The van der Waals surface area contributed by atoms with Crippen LogP contribution in [0.4, 0.5) is 5.69 Å². The third-order valence-electron chi connectivity index (χ3n) is 2.47. The summed E-state index contributed by atoms with van der Waals surface area (Å²) < 4.78 is 24.7. The Labute approximate surface area is 117 Å². The van der Waals surface area contributed by atoms with Gasteiger partial charge in [0.2, 0.25) is 15.9 Å². The van der Waals surface area contributed by atoms with Gasteiger partial charge < -0.3 is 15.2 Å². The van der Waals surface area contributed by atoms with Gasteiger partial charge in [-0.3, -0.25) is 4.79 Å². The summed E-state index contributed by atoms with van der Waals surface area (Å²) in [6.45, 7) is 0. The molecule has 0 heterocycles. The molecule has 0 saturated carbocycles. The van der Waals surface area contributed by atoms with Gasteiger partial charge in [-0.15, -0.1) is 0 Å². The lowest BCUT2D eigenvalue weighted by Crippen LogP contribution is -2.24. The van der Waals surface area contributed by atoms with Crippen LogP contribution in [0.5, 0.6) is 0 Å². The monoisotopic (exact) mass is 299 g/mol. The van der Waals surface area contributed by atoms with Crippen molar-refractivity contribution < 1.29 is 23.1 Å². The number of carbonyl (C=O) groups excluding carboxylic acids is 2. The zero-order chi connectivity index (χ0) is 15.3. The molecular formula is C12H15N2O5S-. The number of sulfonamides is 1. The van der Waals surface area contributed by atoms with Crippen molar-refractivity contribution in [2.75, 3.05) is 19.4 Å². The van der Waals surface area contributed by atoms with Gasteiger partial charge in [0.1, 0.15) is 0 Å². The van der Waals surface area contributed by atoms with Crippen LogP contribution < -0.4 is 10.4 Å². The number of carbonyl (C=O) groups is 2. The fourth-order valence-electron chi connectivity index (χ4n) is 1.36. The maximum atomic E-state index is 11.8. The van der Waals surface area contributed by atoms with E-state index in [2.05, 4.69) is 5.32 Å². The molecule has 1 aromatic carbocycles. The topological polar surface area (TPSA) is 107 Å². The number of amides is 1. The first kappa shape index (κ1) is 16.1. The third-order valence-corrected chi connectivity index (χ3v) is 4.30. The third kappa shape index (κ3) is 4.32. The Balaban J connectivity index is 2.73. The Morgan fingerprint density at radius 1 is 1.15 bits per heavy atom. The number of rotatable bonds is 6. The molecule has 0 bridgehead atoms. The van der Waals surface area contributed by atoms with E-state index in [1.807, 2.05) is 0 Å². The van der Waals surface area contributed by atoms with Crippen molar-refractivity contribution in [1.82, 2.24) is 4.31 Å². The Morgan fingerprint density at radius 3 is 2.15 bits per heavy atom. The van der Waals surface area contributed by atoms with Gasteiger partial charge in [-0.1, -0.05) is 0 Å². The average Bonchev–Trinajstić information content (AvgIpc) is 2.37. The first-order valence-electron chi connectivity index (χ1n) is 5.76. The zero-order valence-corrected chi connectivity index (χ0v) is 11.9. The molecule has 0 aliphatic heterocycles. The summed E-state index contributed by atoms with van der Waals surface area (Å²) in [7, 11) is -0.666. The van der Waals surface area contributed by atoms with Gasteiger partial charge in [-0.2, -0.15) is 0 Å². The predicted molar refractivity (Wildman–Crippen MR) is 70.2 cm³/mol. The lowest BCUT2D eigenvalue weighted by Gasteiger charge is -2.12. The molecule has 110 valence electrons. The van der Waals surface area contributed by atoms with Gasteiger partial charge in [0, 0.05) is 32.2 Å². The van der Waals surface area contributed by atoms with E-state index in [0.717, 1.165) is 4.31 Å². The van der Waals surface area contributed by atoms with Gasteiger partial charge in [0.15, 0.2) is 0 Å². The lowest BCUT2D eigenvalue weighted by molar-refractivity contribution is -0.305. The largest absolute Gasteiger partial charge is 0.550 e. The number of nitrogens with one attached hydrogen (secondary N) is 1. The number of nitrogens with zero attached hydrogens (tertiary/aromatic N) is 1. The van der Waals surface area contributed by atoms with Crippen LogP contribution in [-0.2, 0) is 19.6 Å². The summed E-state index contributed by atoms with van der Waals surface area (Å²) in [5, 5.41) is 12.7. The standard InChI is InChI=1S/C12H16N2O5S/c1-14(2)20(18,19)10-5-3-9(4-6-10)13-11(15)7-8-12(16)17/h3-6H,7-8H2,1-2H3,(H,13,15)(H,16,17)/p-1. The highest BCUT2D eigenvalue weighted by molar-refractivity contribution is 7.89. The number of hydrogen-bond acceptors (Lipinski definition) is 5. The number of benzene rings is 1. The smallest absolute Gasteiger partial charge is 0.242 e. The molecule has 0 unspecified atom stereocenters. The molecule has 8 heteroatoms. The SMILES string of the molecule is CN(C)S(=O)(=O)c1ccc(NC(=O)CCC(=O)[O-])cc1. The molecule has 0 aliphatic carbocycles. The number of aliphatic carboxylic acids is 1. The molecular weight excluding hydrogens is 284 g/mol. The van der Waals surface area contributed by atoms with E-state index in [4.69, 9.17) is 0 Å². The van der Waals surface area contributed by atoms with Crippen LogP contribution in [0.1, 0.15) is 12.8 Å². The molecule has 0 radical (unpaired) electrons. The van der Waals surface area contributed by atoms with Gasteiger partial charge in [0.05, 0.1) is 4.90 Å². The highest BCUT2D eigenvalue weighted by Gasteiger charge is 2.16. The number of anilines is 1. The summed E-state index contributed by atoms with van der Waals surface area (Å²) >= 11 is 0. The van der Waals surface area contributed by atoms with Crippen molar-refractivity contribution in [2.45, 2.75) is 17.7 Å². The van der Waals surface area contributed by atoms with E-state index in [-0.39, 0.29) is 17.7 Å². The van der Waals surface area contributed by atoms with Crippen molar-refractivity contribution in [3.05, 3.63) is 24.3 Å². The molecule has 1 rings (SSSR count). The van der Waals surface area contributed by atoms with Crippen LogP contribution in [-0.4, -0.2) is 38.7 Å². The van der Waals surface area contributed by atoms with E-state index < -0.39 is 21.9 Å². The Kier molecular flexibility index (Phi) is 5.23. The van der Waals surface area contributed by atoms with Crippen molar-refractivity contribution in [3.63, 3.8) is 0 Å². The highest BCUT2D eigenvalue weighted by atomic mass is 32.2. The van der Waals surface area contributed by atoms with Crippen LogP contribution in [0.15, 0.2) is 29.2 Å². The second kappa shape index (κ2) is 6.49. The summed E-state index contributed by atoms with van der Waals surface area (Å²) in [4.78, 5) is 21.7. The van der Waals surface area contributed by atoms with Gasteiger partial charge in [-0.25, -0.2) is 12.7 Å². The molecule has 7 nitrogen and oxygen atoms in total. The molecule has 0 aromatic heterocycles. The van der Waals surface area contributed by atoms with Crippen molar-refractivity contribution >= 4 is 27.6 Å². The Morgan fingerprint density at radius 2 is 1.70 bits per heavy atom. The predicted octanol–water partition coefficient (Wildman–Crippen LogP) is -0.594. The van der Waals surface area contributed by atoms with E-state index in [0.29, 0.717) is 5.69 Å². The minimum absolute atomic E-state index is 0.107. The summed E-state index contributed by atoms with van der Waals surface area (Å²) in [6, 6.07) is 5.61. The number of carboxylic acids is 1. The normalized spacial score (nSPS) is 11.3. The first-order valence-corrected chi connectivity index (χ1v) is 7.20. The minimum Gasteiger partial charge on any atom is -0.550 e. The average molecular weight is 299 g/mol. The summed E-state index contributed by atoms with van der Waals surface area (Å²) in [5.41, 5.74) is 0.394. The van der Waals surface area contributed by atoms with Crippen molar-refractivity contribution in [1.29, 1.82) is 0 Å². The van der Waals surface area contributed by atoms with Gasteiger partial charge in [-0.05, 0) is 30.7 Å². The second-order valence-corrected chi connectivity index (χ2v) is 6.38. The quantitative estimate of drug-likeness (QED) is 0.755. The molecule has 1 aromatic rings. The molecule has 1 amide bonds. The van der Waals surface area contributed by atoms with Gasteiger partial charge in [0.25, 0.3) is 0 Å². The maximum Gasteiger partial charge on any atom is 0.242 e. The fourth-order valence-corrected chi connectivity index (χ4v) is 2.26.